The number of piperazine rings is 1. The molecule has 2 aromatic heterocycles. The van der Waals surface area contributed by atoms with Crippen LogP contribution in [0.3, 0.4) is 0 Å². The smallest absolute Gasteiger partial charge is 0.260 e. The zero-order valence-corrected chi connectivity index (χ0v) is 20.1. The highest BCUT2D eigenvalue weighted by Gasteiger charge is 2.24. The van der Waals surface area contributed by atoms with Gasteiger partial charge in [-0.1, -0.05) is 42.0 Å². The number of carbonyl (C=O) groups is 1. The van der Waals surface area contributed by atoms with Crippen molar-refractivity contribution in [3.05, 3.63) is 71.8 Å². The molecule has 1 amide bonds. The number of carbonyl (C=O) groups excluding carboxylic acids is 1. The van der Waals surface area contributed by atoms with Gasteiger partial charge in [-0.25, -0.2) is 9.97 Å². The molecule has 0 bridgehead atoms. The van der Waals surface area contributed by atoms with E-state index in [0.717, 1.165) is 16.8 Å². The number of nitrogen functional groups attached to an aromatic ring is 1. The molecule has 9 nitrogen and oxygen atoms in total. The van der Waals surface area contributed by atoms with Gasteiger partial charge in [-0.3, -0.25) is 4.79 Å². The highest BCUT2D eigenvalue weighted by Crippen LogP contribution is 2.27. The Morgan fingerprint density at radius 3 is 2.36 bits per heavy atom. The molecule has 4 aromatic rings. The molecule has 5 rings (SSSR count). The Morgan fingerprint density at radius 2 is 1.67 bits per heavy atom. The first-order valence-corrected chi connectivity index (χ1v) is 11.9. The lowest BCUT2D eigenvalue weighted by Crippen LogP contribution is -2.50. The van der Waals surface area contributed by atoms with E-state index in [-0.39, 0.29) is 25.1 Å². The summed E-state index contributed by atoms with van der Waals surface area (Å²) < 4.78 is 5.63. The molecule has 0 aliphatic carbocycles. The number of pyridine rings is 1. The molecule has 3 heterocycles. The van der Waals surface area contributed by atoms with Gasteiger partial charge in [0.25, 0.3) is 5.91 Å². The Kier molecular flexibility index (Phi) is 6.64. The molecule has 0 unspecified atom stereocenters. The number of hydrogen-bond acceptors (Lipinski definition) is 8. The van der Waals surface area contributed by atoms with E-state index in [1.54, 1.807) is 29.2 Å². The van der Waals surface area contributed by atoms with Crippen molar-refractivity contribution in [3.63, 3.8) is 0 Å². The lowest BCUT2D eigenvalue weighted by Gasteiger charge is -2.35. The Hall–Kier alpha value is -4.24. The maximum absolute atomic E-state index is 12.7. The topological polar surface area (TPSA) is 118 Å². The molecular formula is C27H28N6O3. The summed E-state index contributed by atoms with van der Waals surface area (Å²) in [5.74, 6) is 1.39. The minimum Gasteiger partial charge on any atom is -0.484 e. The maximum Gasteiger partial charge on any atom is 0.260 e. The van der Waals surface area contributed by atoms with Crippen LogP contribution in [0.15, 0.2) is 60.7 Å². The van der Waals surface area contributed by atoms with Crippen molar-refractivity contribution in [2.24, 2.45) is 0 Å². The fraction of sp³-hybridized carbons (Fsp3) is 0.259. The molecule has 0 atom stereocenters. The number of nitrogens with zero attached hydrogens (tertiary/aromatic N) is 5. The summed E-state index contributed by atoms with van der Waals surface area (Å²) in [7, 11) is 0. The van der Waals surface area contributed by atoms with E-state index in [1.165, 1.54) is 5.56 Å². The van der Waals surface area contributed by atoms with Crippen LogP contribution in [0.5, 0.6) is 5.75 Å². The third kappa shape index (κ3) is 5.06. The third-order valence-corrected chi connectivity index (χ3v) is 6.29. The molecule has 36 heavy (non-hydrogen) atoms. The standard InChI is InChI=1S/C27H28N6O3/c1-18-2-6-20(7-3-18)22-10-11-23-25(29-22)26(31-27(28)30-23)33-14-12-32(13-15-33)24(35)17-36-21-8-4-19(16-34)5-9-21/h2-11,34H,12-17H2,1H3,(H2,28,30,31). The lowest BCUT2D eigenvalue weighted by atomic mass is 10.1. The van der Waals surface area contributed by atoms with Crippen LogP contribution in [0.1, 0.15) is 11.1 Å². The monoisotopic (exact) mass is 484 g/mol. The van der Waals surface area contributed by atoms with Gasteiger partial charge in [0.05, 0.1) is 17.8 Å². The lowest BCUT2D eigenvalue weighted by molar-refractivity contribution is -0.133. The molecule has 0 radical (unpaired) electrons. The van der Waals surface area contributed by atoms with Crippen molar-refractivity contribution in [2.45, 2.75) is 13.5 Å². The molecule has 1 fully saturated rings. The molecule has 0 spiro atoms. The molecule has 1 saturated heterocycles. The van der Waals surface area contributed by atoms with Crippen LogP contribution in [0.25, 0.3) is 22.3 Å². The summed E-state index contributed by atoms with van der Waals surface area (Å²) in [6.45, 7) is 4.25. The number of ether oxygens (including phenoxy) is 1. The van der Waals surface area contributed by atoms with E-state index in [4.69, 9.17) is 20.6 Å². The first-order chi connectivity index (χ1) is 17.5. The van der Waals surface area contributed by atoms with E-state index < -0.39 is 0 Å². The normalized spacial score (nSPS) is 13.7. The second-order valence-corrected chi connectivity index (χ2v) is 8.79. The highest BCUT2D eigenvalue weighted by molar-refractivity contribution is 5.89. The quantitative estimate of drug-likeness (QED) is 0.429. The highest BCUT2D eigenvalue weighted by atomic mass is 16.5. The van der Waals surface area contributed by atoms with Gasteiger partial charge in [0.15, 0.2) is 12.4 Å². The van der Waals surface area contributed by atoms with Gasteiger partial charge in [0.1, 0.15) is 11.3 Å². The number of benzene rings is 2. The second kappa shape index (κ2) is 10.2. The van der Waals surface area contributed by atoms with Crippen LogP contribution in [-0.4, -0.2) is 63.7 Å². The van der Waals surface area contributed by atoms with Crippen LogP contribution in [-0.2, 0) is 11.4 Å². The number of aromatic nitrogens is 3. The molecule has 1 aliphatic rings. The average molecular weight is 485 g/mol. The average Bonchev–Trinajstić information content (AvgIpc) is 2.92. The predicted octanol–water partition coefficient (Wildman–Crippen LogP) is 2.80. The van der Waals surface area contributed by atoms with E-state index in [0.29, 0.717) is 48.8 Å². The number of aryl methyl sites for hydroxylation is 1. The van der Waals surface area contributed by atoms with Crippen molar-refractivity contribution >= 4 is 28.7 Å². The fourth-order valence-corrected chi connectivity index (χ4v) is 4.22. The molecular weight excluding hydrogens is 456 g/mol. The molecule has 0 saturated carbocycles. The Bertz CT molecular complexity index is 1370. The van der Waals surface area contributed by atoms with Crippen LogP contribution in [0, 0.1) is 6.92 Å². The van der Waals surface area contributed by atoms with E-state index in [1.807, 2.05) is 12.1 Å². The van der Waals surface area contributed by atoms with Gasteiger partial charge in [-0.2, -0.15) is 4.98 Å². The van der Waals surface area contributed by atoms with Gasteiger partial charge in [-0.05, 0) is 36.8 Å². The molecule has 184 valence electrons. The van der Waals surface area contributed by atoms with Crippen molar-refractivity contribution in [2.75, 3.05) is 43.4 Å². The summed E-state index contributed by atoms with van der Waals surface area (Å²) in [6, 6.07) is 19.1. The molecule has 9 heteroatoms. The Labute approximate surface area is 209 Å². The van der Waals surface area contributed by atoms with E-state index >= 15 is 0 Å². The largest absolute Gasteiger partial charge is 0.484 e. The van der Waals surface area contributed by atoms with Crippen molar-refractivity contribution in [3.8, 4) is 17.0 Å². The van der Waals surface area contributed by atoms with Crippen LogP contribution in [0.2, 0.25) is 0 Å². The SMILES string of the molecule is Cc1ccc(-c2ccc3nc(N)nc(N4CCN(C(=O)COc5ccc(CO)cc5)CC4)c3n2)cc1. The van der Waals surface area contributed by atoms with Gasteiger partial charge in [-0.15, -0.1) is 0 Å². The number of hydrogen-bond donors (Lipinski definition) is 2. The Balaban J connectivity index is 1.28. The third-order valence-electron chi connectivity index (χ3n) is 6.29. The number of aliphatic hydroxyl groups is 1. The van der Waals surface area contributed by atoms with E-state index in [2.05, 4.69) is 46.1 Å². The summed E-state index contributed by atoms with van der Waals surface area (Å²) >= 11 is 0. The van der Waals surface area contributed by atoms with Crippen molar-refractivity contribution in [1.29, 1.82) is 0 Å². The first-order valence-electron chi connectivity index (χ1n) is 11.9. The van der Waals surface area contributed by atoms with Gasteiger partial charge < -0.3 is 25.4 Å². The van der Waals surface area contributed by atoms with E-state index in [9.17, 15) is 4.79 Å². The summed E-state index contributed by atoms with van der Waals surface area (Å²) in [6.07, 6.45) is 0. The number of rotatable bonds is 6. The fourth-order valence-electron chi connectivity index (χ4n) is 4.22. The number of amides is 1. The number of aliphatic hydroxyl groups excluding tert-OH is 1. The van der Waals surface area contributed by atoms with Crippen LogP contribution >= 0.6 is 0 Å². The summed E-state index contributed by atoms with van der Waals surface area (Å²) in [4.78, 5) is 30.4. The zero-order chi connectivity index (χ0) is 25.1. The zero-order valence-electron chi connectivity index (χ0n) is 20.1. The Morgan fingerprint density at radius 1 is 0.944 bits per heavy atom. The second-order valence-electron chi connectivity index (χ2n) is 8.79. The van der Waals surface area contributed by atoms with Crippen LogP contribution in [0.4, 0.5) is 11.8 Å². The molecule has 1 aliphatic heterocycles. The number of nitrogens with two attached hydrogens (primary N) is 1. The molecule has 2 aromatic carbocycles. The van der Waals surface area contributed by atoms with Gasteiger partial charge in [0, 0.05) is 31.7 Å². The van der Waals surface area contributed by atoms with Crippen molar-refractivity contribution < 1.29 is 14.6 Å². The van der Waals surface area contributed by atoms with Crippen molar-refractivity contribution in [1.82, 2.24) is 19.9 Å². The molecule has 3 N–H and O–H groups in total. The van der Waals surface area contributed by atoms with Gasteiger partial charge in [0.2, 0.25) is 5.95 Å². The maximum atomic E-state index is 12.7. The number of fused-ring (bicyclic) bond motifs is 1. The first kappa shape index (κ1) is 23.5. The van der Waals surface area contributed by atoms with Gasteiger partial charge >= 0.3 is 0 Å². The summed E-state index contributed by atoms with van der Waals surface area (Å²) in [5.41, 5.74) is 11.2. The number of anilines is 2. The summed E-state index contributed by atoms with van der Waals surface area (Å²) in [5, 5.41) is 9.14. The minimum absolute atomic E-state index is 0.0282. The van der Waals surface area contributed by atoms with Crippen LogP contribution < -0.4 is 15.4 Å². The predicted molar refractivity (Wildman–Crippen MR) is 139 cm³/mol. The minimum atomic E-state index is -0.0762.